The highest BCUT2D eigenvalue weighted by Gasteiger charge is 2.32. The van der Waals surface area contributed by atoms with E-state index in [1.54, 1.807) is 24.3 Å². The number of thiophene rings is 1. The fourth-order valence-electron chi connectivity index (χ4n) is 4.00. The first-order chi connectivity index (χ1) is 14.4. The van der Waals surface area contributed by atoms with E-state index >= 15 is 0 Å². The molecule has 7 nitrogen and oxygen atoms in total. The number of ether oxygens (including phenoxy) is 1. The number of benzene rings is 1. The molecule has 0 saturated carbocycles. The van der Waals surface area contributed by atoms with Gasteiger partial charge in [-0.1, -0.05) is 6.07 Å². The van der Waals surface area contributed by atoms with Crippen molar-refractivity contribution in [1.82, 2.24) is 5.32 Å². The Hall–Kier alpha value is -2.39. The van der Waals surface area contributed by atoms with E-state index in [4.69, 9.17) is 4.74 Å². The number of rotatable bonds is 5. The van der Waals surface area contributed by atoms with Gasteiger partial charge in [-0.3, -0.25) is 9.59 Å². The van der Waals surface area contributed by atoms with Gasteiger partial charge in [0.2, 0.25) is 0 Å². The predicted molar refractivity (Wildman–Crippen MR) is 116 cm³/mol. The van der Waals surface area contributed by atoms with Gasteiger partial charge in [-0.15, -0.1) is 11.3 Å². The van der Waals surface area contributed by atoms with Gasteiger partial charge in [0.15, 0.2) is 9.84 Å². The van der Waals surface area contributed by atoms with Crippen LogP contribution in [-0.2, 0) is 22.7 Å². The quantitative estimate of drug-likeness (QED) is 0.732. The number of sulfone groups is 1. The molecule has 2 aromatic rings. The molecular formula is C21H24N2O5S2. The summed E-state index contributed by atoms with van der Waals surface area (Å²) >= 11 is 1.44. The van der Waals surface area contributed by atoms with Crippen LogP contribution in [-0.4, -0.2) is 44.9 Å². The molecule has 4 rings (SSSR count). The van der Waals surface area contributed by atoms with Crippen molar-refractivity contribution in [2.75, 3.05) is 23.9 Å². The largest absolute Gasteiger partial charge is 0.497 e. The smallest absolute Gasteiger partial charge is 0.256 e. The van der Waals surface area contributed by atoms with Gasteiger partial charge < -0.3 is 15.4 Å². The number of aryl methyl sites for hydroxylation is 1. The second-order valence-corrected chi connectivity index (χ2v) is 11.0. The van der Waals surface area contributed by atoms with E-state index in [1.165, 1.54) is 18.4 Å². The molecule has 1 saturated heterocycles. The van der Waals surface area contributed by atoms with Gasteiger partial charge in [-0.05, 0) is 55.9 Å². The van der Waals surface area contributed by atoms with Crippen LogP contribution in [0.5, 0.6) is 5.75 Å². The van der Waals surface area contributed by atoms with E-state index in [9.17, 15) is 18.0 Å². The number of carbonyl (C=O) groups is 2. The number of hydrogen-bond donors (Lipinski definition) is 2. The van der Waals surface area contributed by atoms with Gasteiger partial charge in [-0.25, -0.2) is 8.42 Å². The molecule has 1 aromatic heterocycles. The standard InChI is InChI=1S/C21H24N2O5S2/c1-28-15-6-4-5-13(11-15)19(24)23-21-18(16-7-2-3-8-17(16)29-21)20(25)22-14-9-10-30(26,27)12-14/h4-6,11,14H,2-3,7-10,12H2,1H3,(H,22,25)(H,23,24)/t14-/m1/s1. The topological polar surface area (TPSA) is 102 Å². The molecule has 2 aliphatic rings. The third-order valence-electron chi connectivity index (χ3n) is 5.53. The molecular weight excluding hydrogens is 424 g/mol. The molecule has 1 fully saturated rings. The lowest BCUT2D eigenvalue weighted by atomic mass is 9.95. The molecule has 1 aliphatic carbocycles. The Kier molecular flexibility index (Phi) is 5.84. The number of methoxy groups -OCH3 is 1. The number of hydrogen-bond acceptors (Lipinski definition) is 6. The Morgan fingerprint density at radius 2 is 1.97 bits per heavy atom. The summed E-state index contributed by atoms with van der Waals surface area (Å²) in [6.07, 6.45) is 4.13. The number of carbonyl (C=O) groups excluding carboxylic acids is 2. The minimum absolute atomic E-state index is 0.0312. The Morgan fingerprint density at radius 3 is 2.70 bits per heavy atom. The van der Waals surface area contributed by atoms with Crippen molar-refractivity contribution in [3.05, 3.63) is 45.8 Å². The Balaban J connectivity index is 1.60. The van der Waals surface area contributed by atoms with Crippen molar-refractivity contribution in [3.8, 4) is 5.75 Å². The lowest BCUT2D eigenvalue weighted by Gasteiger charge is -2.15. The third kappa shape index (κ3) is 4.37. The average Bonchev–Trinajstić information content (AvgIpc) is 3.26. The average molecular weight is 449 g/mol. The van der Waals surface area contributed by atoms with Crippen molar-refractivity contribution >= 4 is 38.0 Å². The molecule has 9 heteroatoms. The SMILES string of the molecule is COc1cccc(C(=O)Nc2sc3c(c2C(=O)N[C@@H]2CCS(=O)(=O)C2)CCCC3)c1. The predicted octanol–water partition coefficient (Wildman–Crippen LogP) is 2.80. The number of anilines is 1. The van der Waals surface area contributed by atoms with Crippen LogP contribution in [0.25, 0.3) is 0 Å². The van der Waals surface area contributed by atoms with Gasteiger partial charge in [-0.2, -0.15) is 0 Å². The van der Waals surface area contributed by atoms with E-state index in [2.05, 4.69) is 10.6 Å². The molecule has 2 amide bonds. The molecule has 0 radical (unpaired) electrons. The molecule has 1 aliphatic heterocycles. The van der Waals surface area contributed by atoms with E-state index in [0.717, 1.165) is 36.1 Å². The van der Waals surface area contributed by atoms with Crippen molar-refractivity contribution < 1.29 is 22.7 Å². The van der Waals surface area contributed by atoms with Crippen LogP contribution < -0.4 is 15.4 Å². The maximum atomic E-state index is 13.1. The maximum absolute atomic E-state index is 13.1. The van der Waals surface area contributed by atoms with Crippen LogP contribution in [0.2, 0.25) is 0 Å². The molecule has 160 valence electrons. The van der Waals surface area contributed by atoms with E-state index in [0.29, 0.717) is 28.3 Å². The van der Waals surface area contributed by atoms with Gasteiger partial charge in [0.1, 0.15) is 10.8 Å². The van der Waals surface area contributed by atoms with E-state index in [1.807, 2.05) is 0 Å². The second kappa shape index (κ2) is 8.39. The highest BCUT2D eigenvalue weighted by Crippen LogP contribution is 2.38. The van der Waals surface area contributed by atoms with E-state index in [-0.39, 0.29) is 29.4 Å². The summed E-state index contributed by atoms with van der Waals surface area (Å²) in [7, 11) is -1.56. The third-order valence-corrected chi connectivity index (χ3v) is 8.50. The summed E-state index contributed by atoms with van der Waals surface area (Å²) < 4.78 is 28.7. The van der Waals surface area contributed by atoms with Crippen molar-refractivity contribution in [1.29, 1.82) is 0 Å². The zero-order chi connectivity index (χ0) is 21.3. The Morgan fingerprint density at radius 1 is 1.17 bits per heavy atom. The van der Waals surface area contributed by atoms with Gasteiger partial charge in [0, 0.05) is 16.5 Å². The molecule has 1 aromatic carbocycles. The number of fused-ring (bicyclic) bond motifs is 1. The summed E-state index contributed by atoms with van der Waals surface area (Å²) in [6.45, 7) is 0. The molecule has 30 heavy (non-hydrogen) atoms. The van der Waals surface area contributed by atoms with Gasteiger partial charge >= 0.3 is 0 Å². The summed E-state index contributed by atoms with van der Waals surface area (Å²) in [5.74, 6) is 0.0198. The highest BCUT2D eigenvalue weighted by molar-refractivity contribution is 7.91. The first-order valence-electron chi connectivity index (χ1n) is 9.97. The Bertz CT molecular complexity index is 1090. The number of nitrogens with one attached hydrogen (secondary N) is 2. The van der Waals surface area contributed by atoms with Crippen LogP contribution in [0.15, 0.2) is 24.3 Å². The Labute approximate surface area is 179 Å². The zero-order valence-corrected chi connectivity index (χ0v) is 18.3. The first kappa shape index (κ1) is 20.9. The summed E-state index contributed by atoms with van der Waals surface area (Å²) in [5, 5.41) is 6.30. The van der Waals surface area contributed by atoms with Crippen LogP contribution in [0.3, 0.4) is 0 Å². The maximum Gasteiger partial charge on any atom is 0.256 e. The monoisotopic (exact) mass is 448 g/mol. The minimum Gasteiger partial charge on any atom is -0.497 e. The molecule has 0 unspecified atom stereocenters. The fraction of sp³-hybridized carbons (Fsp3) is 0.429. The summed E-state index contributed by atoms with van der Waals surface area (Å²) in [4.78, 5) is 27.1. The molecule has 0 bridgehead atoms. The summed E-state index contributed by atoms with van der Waals surface area (Å²) in [6, 6.07) is 6.44. The highest BCUT2D eigenvalue weighted by atomic mass is 32.2. The normalized spacial score (nSPS) is 19.7. The minimum atomic E-state index is -3.09. The zero-order valence-electron chi connectivity index (χ0n) is 16.7. The lowest BCUT2D eigenvalue weighted by Crippen LogP contribution is -2.36. The van der Waals surface area contributed by atoms with Crippen LogP contribution >= 0.6 is 11.3 Å². The van der Waals surface area contributed by atoms with Crippen LogP contribution in [0.1, 0.15) is 50.4 Å². The van der Waals surface area contributed by atoms with Gasteiger partial charge in [0.05, 0.1) is 24.2 Å². The lowest BCUT2D eigenvalue weighted by molar-refractivity contribution is 0.0941. The van der Waals surface area contributed by atoms with Crippen LogP contribution in [0.4, 0.5) is 5.00 Å². The summed E-state index contributed by atoms with van der Waals surface area (Å²) in [5.41, 5.74) is 1.90. The first-order valence-corrected chi connectivity index (χ1v) is 12.6. The van der Waals surface area contributed by atoms with Crippen molar-refractivity contribution in [2.45, 2.75) is 38.1 Å². The molecule has 2 heterocycles. The van der Waals surface area contributed by atoms with E-state index < -0.39 is 9.84 Å². The number of amides is 2. The molecule has 2 N–H and O–H groups in total. The molecule has 0 spiro atoms. The van der Waals surface area contributed by atoms with Crippen LogP contribution in [0, 0.1) is 0 Å². The fourth-order valence-corrected chi connectivity index (χ4v) is 6.96. The van der Waals surface area contributed by atoms with Crippen molar-refractivity contribution in [2.24, 2.45) is 0 Å². The molecule has 1 atom stereocenters. The van der Waals surface area contributed by atoms with Crippen molar-refractivity contribution in [3.63, 3.8) is 0 Å². The second-order valence-electron chi connectivity index (χ2n) is 7.67. The van der Waals surface area contributed by atoms with Gasteiger partial charge in [0.25, 0.3) is 11.8 Å².